The van der Waals surface area contributed by atoms with E-state index < -0.39 is 0 Å². The first-order valence-corrected chi connectivity index (χ1v) is 10.9. The SMILES string of the molecule is CCn1c(SC(C)C(=O)Nc2cccc3ccccc23)nnc1-c1cccs1. The molecular weight excluding hydrogens is 388 g/mol. The van der Waals surface area contributed by atoms with E-state index in [2.05, 4.69) is 27.0 Å². The molecular formula is C21H20N4OS2. The van der Waals surface area contributed by atoms with E-state index >= 15 is 0 Å². The van der Waals surface area contributed by atoms with Crippen LogP contribution in [0.15, 0.2) is 65.1 Å². The van der Waals surface area contributed by atoms with E-state index in [0.717, 1.165) is 38.9 Å². The number of amides is 1. The number of thioether (sulfide) groups is 1. The van der Waals surface area contributed by atoms with Gasteiger partial charge in [-0.15, -0.1) is 21.5 Å². The molecule has 0 saturated heterocycles. The van der Waals surface area contributed by atoms with Crippen LogP contribution in [0.25, 0.3) is 21.5 Å². The van der Waals surface area contributed by atoms with Gasteiger partial charge >= 0.3 is 0 Å². The first kappa shape index (κ1) is 18.7. The normalized spacial score (nSPS) is 12.2. The number of hydrogen-bond acceptors (Lipinski definition) is 5. The van der Waals surface area contributed by atoms with E-state index in [1.807, 2.05) is 66.9 Å². The Morgan fingerprint density at radius 1 is 1.14 bits per heavy atom. The summed E-state index contributed by atoms with van der Waals surface area (Å²) in [6.07, 6.45) is 0. The molecule has 1 unspecified atom stereocenters. The van der Waals surface area contributed by atoms with Crippen LogP contribution >= 0.6 is 23.1 Å². The minimum absolute atomic E-state index is 0.0512. The van der Waals surface area contributed by atoms with Crippen LogP contribution in [0, 0.1) is 0 Å². The molecule has 0 saturated carbocycles. The van der Waals surface area contributed by atoms with Crippen LogP contribution in [0.4, 0.5) is 5.69 Å². The maximum atomic E-state index is 12.8. The molecule has 2 aromatic carbocycles. The third-order valence-electron chi connectivity index (χ3n) is 4.47. The van der Waals surface area contributed by atoms with Crippen LogP contribution in [0.1, 0.15) is 13.8 Å². The maximum Gasteiger partial charge on any atom is 0.237 e. The summed E-state index contributed by atoms with van der Waals surface area (Å²) >= 11 is 3.06. The summed E-state index contributed by atoms with van der Waals surface area (Å²) in [6, 6.07) is 18.0. The molecule has 0 spiro atoms. The van der Waals surface area contributed by atoms with Gasteiger partial charge in [-0.1, -0.05) is 54.2 Å². The number of hydrogen-bond donors (Lipinski definition) is 1. The summed E-state index contributed by atoms with van der Waals surface area (Å²) in [6.45, 7) is 4.70. The van der Waals surface area contributed by atoms with Crippen molar-refractivity contribution < 1.29 is 4.79 Å². The van der Waals surface area contributed by atoms with Gasteiger partial charge in [0.2, 0.25) is 5.91 Å². The summed E-state index contributed by atoms with van der Waals surface area (Å²) in [4.78, 5) is 13.9. The Labute approximate surface area is 171 Å². The Morgan fingerprint density at radius 3 is 2.75 bits per heavy atom. The fourth-order valence-corrected chi connectivity index (χ4v) is 4.66. The standard InChI is InChI=1S/C21H20N4OS2/c1-3-25-19(18-12-7-13-27-18)23-24-21(25)28-14(2)20(26)22-17-11-6-9-15-8-4-5-10-16(15)17/h4-14H,3H2,1-2H3,(H,22,26). The highest BCUT2D eigenvalue weighted by atomic mass is 32.2. The lowest BCUT2D eigenvalue weighted by atomic mass is 10.1. The predicted octanol–water partition coefficient (Wildman–Crippen LogP) is 5.30. The number of thiophene rings is 1. The molecule has 1 N–H and O–H groups in total. The topological polar surface area (TPSA) is 59.8 Å². The second-order valence-electron chi connectivity index (χ2n) is 6.30. The highest BCUT2D eigenvalue weighted by Gasteiger charge is 2.21. The number of carbonyl (C=O) groups excluding carboxylic acids is 1. The fourth-order valence-electron chi connectivity index (χ4n) is 3.03. The third kappa shape index (κ3) is 3.68. The van der Waals surface area contributed by atoms with Crippen molar-refractivity contribution in [3.05, 3.63) is 60.0 Å². The van der Waals surface area contributed by atoms with Crippen LogP contribution in [0.2, 0.25) is 0 Å². The van der Waals surface area contributed by atoms with Crippen LogP contribution in [0.3, 0.4) is 0 Å². The molecule has 2 aromatic heterocycles. The van der Waals surface area contributed by atoms with Gasteiger partial charge in [-0.3, -0.25) is 4.79 Å². The van der Waals surface area contributed by atoms with E-state index in [1.165, 1.54) is 11.8 Å². The number of benzene rings is 2. The zero-order valence-electron chi connectivity index (χ0n) is 15.6. The van der Waals surface area contributed by atoms with Crippen LogP contribution in [-0.4, -0.2) is 25.9 Å². The minimum Gasteiger partial charge on any atom is -0.325 e. The largest absolute Gasteiger partial charge is 0.325 e. The summed E-state index contributed by atoms with van der Waals surface area (Å²) in [7, 11) is 0. The summed E-state index contributed by atoms with van der Waals surface area (Å²) < 4.78 is 2.05. The molecule has 28 heavy (non-hydrogen) atoms. The van der Waals surface area contributed by atoms with E-state index in [9.17, 15) is 4.79 Å². The van der Waals surface area contributed by atoms with Crippen molar-refractivity contribution in [2.75, 3.05) is 5.32 Å². The average Bonchev–Trinajstić information content (AvgIpc) is 3.37. The van der Waals surface area contributed by atoms with Gasteiger partial charge in [0.1, 0.15) is 0 Å². The van der Waals surface area contributed by atoms with Gasteiger partial charge in [0.15, 0.2) is 11.0 Å². The smallest absolute Gasteiger partial charge is 0.237 e. The number of fused-ring (bicyclic) bond motifs is 1. The molecule has 4 rings (SSSR count). The molecule has 2 heterocycles. The number of rotatable bonds is 6. The van der Waals surface area contributed by atoms with E-state index in [1.54, 1.807) is 11.3 Å². The molecule has 5 nitrogen and oxygen atoms in total. The molecule has 142 valence electrons. The number of aromatic nitrogens is 3. The molecule has 0 radical (unpaired) electrons. The molecule has 1 atom stereocenters. The molecule has 7 heteroatoms. The Morgan fingerprint density at radius 2 is 1.96 bits per heavy atom. The third-order valence-corrected chi connectivity index (χ3v) is 6.42. The average molecular weight is 409 g/mol. The van der Waals surface area contributed by atoms with Crippen LogP contribution in [0.5, 0.6) is 0 Å². The Kier molecular flexibility index (Phi) is 5.45. The zero-order valence-corrected chi connectivity index (χ0v) is 17.3. The number of anilines is 1. The number of nitrogens with zero attached hydrogens (tertiary/aromatic N) is 3. The van der Waals surface area contributed by atoms with E-state index in [0.29, 0.717) is 0 Å². The minimum atomic E-state index is -0.301. The summed E-state index contributed by atoms with van der Waals surface area (Å²) in [5.74, 6) is 0.798. The van der Waals surface area contributed by atoms with Crippen LogP contribution < -0.4 is 5.32 Å². The predicted molar refractivity (Wildman–Crippen MR) is 117 cm³/mol. The fraction of sp³-hybridized carbons (Fsp3) is 0.190. The van der Waals surface area contributed by atoms with Gasteiger partial charge in [-0.25, -0.2) is 0 Å². The van der Waals surface area contributed by atoms with Crippen molar-refractivity contribution in [2.45, 2.75) is 30.8 Å². The second-order valence-corrected chi connectivity index (χ2v) is 8.56. The van der Waals surface area contributed by atoms with Gasteiger partial charge in [0.25, 0.3) is 0 Å². The molecule has 0 fully saturated rings. The van der Waals surface area contributed by atoms with Gasteiger partial charge in [0.05, 0.1) is 10.1 Å². The lowest BCUT2D eigenvalue weighted by Crippen LogP contribution is -2.23. The first-order valence-electron chi connectivity index (χ1n) is 9.09. The van der Waals surface area contributed by atoms with E-state index in [-0.39, 0.29) is 11.2 Å². The summed E-state index contributed by atoms with van der Waals surface area (Å²) in [5.41, 5.74) is 0.826. The van der Waals surface area contributed by atoms with Crippen molar-refractivity contribution in [3.8, 4) is 10.7 Å². The molecule has 0 aliphatic carbocycles. The van der Waals surface area contributed by atoms with Gasteiger partial charge in [-0.05, 0) is 36.7 Å². The lowest BCUT2D eigenvalue weighted by Gasteiger charge is -2.14. The van der Waals surface area contributed by atoms with Gasteiger partial charge < -0.3 is 9.88 Å². The molecule has 1 amide bonds. The first-order chi connectivity index (χ1) is 13.7. The molecule has 0 bridgehead atoms. The molecule has 4 aromatic rings. The van der Waals surface area contributed by atoms with Gasteiger partial charge in [0, 0.05) is 17.6 Å². The zero-order chi connectivity index (χ0) is 19.5. The number of nitrogens with one attached hydrogen (secondary N) is 1. The second kappa shape index (κ2) is 8.16. The maximum absolute atomic E-state index is 12.8. The highest BCUT2D eigenvalue weighted by Crippen LogP contribution is 2.30. The highest BCUT2D eigenvalue weighted by molar-refractivity contribution is 8.00. The monoisotopic (exact) mass is 408 g/mol. The molecule has 0 aliphatic heterocycles. The number of carbonyl (C=O) groups is 1. The van der Waals surface area contributed by atoms with Crippen molar-refractivity contribution >= 4 is 45.5 Å². The quantitative estimate of drug-likeness (QED) is 0.440. The Balaban J connectivity index is 1.52. The lowest BCUT2D eigenvalue weighted by molar-refractivity contribution is -0.115. The van der Waals surface area contributed by atoms with Crippen molar-refractivity contribution in [2.24, 2.45) is 0 Å². The van der Waals surface area contributed by atoms with E-state index in [4.69, 9.17) is 0 Å². The van der Waals surface area contributed by atoms with Gasteiger partial charge in [-0.2, -0.15) is 0 Å². The summed E-state index contributed by atoms with van der Waals surface area (Å²) in [5, 5.41) is 16.3. The Hall–Kier alpha value is -2.64. The Bertz CT molecular complexity index is 1100. The van der Waals surface area contributed by atoms with Crippen LogP contribution in [-0.2, 0) is 11.3 Å². The van der Waals surface area contributed by atoms with Crippen molar-refractivity contribution in [1.29, 1.82) is 0 Å². The van der Waals surface area contributed by atoms with Crippen molar-refractivity contribution in [1.82, 2.24) is 14.8 Å². The molecule has 0 aliphatic rings. The van der Waals surface area contributed by atoms with Crippen molar-refractivity contribution in [3.63, 3.8) is 0 Å².